The molecule has 0 spiro atoms. The lowest BCUT2D eigenvalue weighted by molar-refractivity contribution is -0.117. The average molecular weight is 431 g/mol. The number of amides is 1. The minimum atomic E-state index is -0.228. The molecule has 0 aliphatic heterocycles. The van der Waals surface area contributed by atoms with Gasteiger partial charge in [0.15, 0.2) is 5.82 Å². The maximum absolute atomic E-state index is 12.1. The van der Waals surface area contributed by atoms with Gasteiger partial charge in [-0.05, 0) is 75.1 Å². The highest BCUT2D eigenvalue weighted by Crippen LogP contribution is 2.34. The Kier molecular flexibility index (Phi) is 5.54. The number of aliphatic hydroxyl groups is 1. The molecule has 32 heavy (non-hydrogen) atoms. The largest absolute Gasteiger partial charge is 0.488 e. The predicted octanol–water partition coefficient (Wildman–Crippen LogP) is 3.80. The van der Waals surface area contributed by atoms with E-state index >= 15 is 0 Å². The van der Waals surface area contributed by atoms with Crippen LogP contribution in [-0.4, -0.2) is 37.8 Å². The number of carbonyl (C=O) groups excluding carboxylic acids is 1. The summed E-state index contributed by atoms with van der Waals surface area (Å²) in [6.07, 6.45) is 8.51. The van der Waals surface area contributed by atoms with Gasteiger partial charge >= 0.3 is 0 Å². The molecule has 5 rings (SSSR count). The molecule has 2 fully saturated rings. The maximum Gasteiger partial charge on any atom is 0.228 e. The Balaban J connectivity index is 1.46. The highest BCUT2D eigenvalue weighted by molar-refractivity contribution is 5.93. The average Bonchev–Trinajstić information content (AvgIpc) is 3.57. The molecule has 2 aliphatic rings. The number of carbonyl (C=O) groups is 1. The van der Waals surface area contributed by atoms with Crippen LogP contribution in [0.2, 0.25) is 0 Å². The predicted molar refractivity (Wildman–Crippen MR) is 121 cm³/mol. The maximum atomic E-state index is 12.1. The third-order valence-corrected chi connectivity index (χ3v) is 6.03. The Morgan fingerprint density at radius 1 is 1.19 bits per heavy atom. The molecule has 2 saturated carbocycles. The molecule has 0 saturated heterocycles. The fourth-order valence-corrected chi connectivity index (χ4v) is 4.10. The van der Waals surface area contributed by atoms with Crippen LogP contribution in [0.25, 0.3) is 16.6 Å². The zero-order valence-electron chi connectivity index (χ0n) is 18.0. The molecular formula is C25H26N4O3. The van der Waals surface area contributed by atoms with Crippen molar-refractivity contribution in [2.45, 2.75) is 57.7 Å². The Bertz CT molecular complexity index is 1210. The van der Waals surface area contributed by atoms with E-state index in [9.17, 15) is 9.90 Å². The van der Waals surface area contributed by atoms with Crippen LogP contribution in [0.5, 0.6) is 5.75 Å². The highest BCUT2D eigenvalue weighted by atomic mass is 16.5. The van der Waals surface area contributed by atoms with Crippen molar-refractivity contribution in [1.82, 2.24) is 14.6 Å². The second kappa shape index (κ2) is 8.64. The van der Waals surface area contributed by atoms with Crippen LogP contribution < -0.4 is 10.1 Å². The molecule has 0 unspecified atom stereocenters. The first kappa shape index (κ1) is 20.5. The number of hydrogen-bond donors (Lipinski definition) is 2. The lowest BCUT2D eigenvalue weighted by atomic mass is 9.95. The molecule has 7 nitrogen and oxygen atoms in total. The van der Waals surface area contributed by atoms with E-state index in [2.05, 4.69) is 27.2 Å². The van der Waals surface area contributed by atoms with Crippen molar-refractivity contribution >= 4 is 17.2 Å². The monoisotopic (exact) mass is 430 g/mol. The zero-order chi connectivity index (χ0) is 22.1. The van der Waals surface area contributed by atoms with E-state index < -0.39 is 0 Å². The molecule has 3 aromatic rings. The topological polar surface area (TPSA) is 88.8 Å². The van der Waals surface area contributed by atoms with Crippen LogP contribution in [0.4, 0.5) is 5.82 Å². The van der Waals surface area contributed by atoms with Gasteiger partial charge in [-0.25, -0.2) is 9.50 Å². The van der Waals surface area contributed by atoms with E-state index in [0.717, 1.165) is 55.2 Å². The number of aromatic nitrogens is 3. The van der Waals surface area contributed by atoms with Gasteiger partial charge in [-0.15, -0.1) is 0 Å². The first-order valence-electron chi connectivity index (χ1n) is 11.2. The van der Waals surface area contributed by atoms with Gasteiger partial charge in [0, 0.05) is 23.7 Å². The molecule has 0 aromatic carbocycles. The van der Waals surface area contributed by atoms with Crippen molar-refractivity contribution in [3.63, 3.8) is 0 Å². The molecule has 1 amide bonds. The first-order valence-corrected chi connectivity index (χ1v) is 11.2. The minimum Gasteiger partial charge on any atom is -0.488 e. The van der Waals surface area contributed by atoms with Gasteiger partial charge in [0.25, 0.3) is 0 Å². The summed E-state index contributed by atoms with van der Waals surface area (Å²) in [5.74, 6) is 7.35. The number of rotatable bonds is 5. The van der Waals surface area contributed by atoms with E-state index in [0.29, 0.717) is 17.3 Å². The lowest BCUT2D eigenvalue weighted by Gasteiger charge is -2.27. The fourth-order valence-electron chi connectivity index (χ4n) is 4.10. The Morgan fingerprint density at radius 2 is 2.00 bits per heavy atom. The van der Waals surface area contributed by atoms with E-state index in [1.54, 1.807) is 17.6 Å². The molecule has 164 valence electrons. The smallest absolute Gasteiger partial charge is 0.228 e. The number of aliphatic hydroxyl groups excluding tert-OH is 1. The van der Waals surface area contributed by atoms with Crippen LogP contribution in [0.3, 0.4) is 0 Å². The van der Waals surface area contributed by atoms with E-state index in [4.69, 9.17) is 4.74 Å². The van der Waals surface area contributed by atoms with Crippen molar-refractivity contribution in [2.24, 2.45) is 5.92 Å². The van der Waals surface area contributed by atoms with E-state index in [-0.39, 0.29) is 24.0 Å². The summed E-state index contributed by atoms with van der Waals surface area (Å²) in [5.41, 5.74) is 3.43. The standard InChI is InChI=1S/C25H26N4O3/c1-2-3-18-13-22(23(15-26-18)32-21-8-6-20(30)7-9-21)17-10-11-29-19(12-17)14-24(28-29)27-25(31)16-4-5-16/h10-16,20-21,30H,4-9H2,1H3,(H,27,28,31). The van der Waals surface area contributed by atoms with Crippen LogP contribution in [0.1, 0.15) is 51.1 Å². The minimum absolute atomic E-state index is 0.0406. The van der Waals surface area contributed by atoms with Crippen molar-refractivity contribution in [2.75, 3.05) is 5.32 Å². The molecule has 3 aromatic heterocycles. The van der Waals surface area contributed by atoms with Gasteiger partial charge in [-0.2, -0.15) is 5.10 Å². The molecule has 7 heteroatoms. The second-order valence-electron chi connectivity index (χ2n) is 8.57. The van der Waals surface area contributed by atoms with Gasteiger partial charge in [0.05, 0.1) is 23.9 Å². The van der Waals surface area contributed by atoms with E-state index in [1.165, 1.54) is 0 Å². The Morgan fingerprint density at radius 3 is 2.75 bits per heavy atom. The highest BCUT2D eigenvalue weighted by Gasteiger charge is 2.30. The van der Waals surface area contributed by atoms with Gasteiger partial charge in [-0.1, -0.05) is 5.92 Å². The summed E-state index contributed by atoms with van der Waals surface area (Å²) in [7, 11) is 0. The van der Waals surface area contributed by atoms with Crippen LogP contribution in [0, 0.1) is 17.8 Å². The molecule has 2 N–H and O–H groups in total. The number of nitrogens with one attached hydrogen (secondary N) is 1. The number of pyridine rings is 2. The third kappa shape index (κ3) is 4.46. The fraction of sp³-hybridized carbons (Fsp3) is 0.400. The van der Waals surface area contributed by atoms with Gasteiger partial charge < -0.3 is 15.2 Å². The van der Waals surface area contributed by atoms with Gasteiger partial charge in [-0.3, -0.25) is 4.79 Å². The Hall–Kier alpha value is -3.37. The summed E-state index contributed by atoms with van der Waals surface area (Å²) >= 11 is 0. The lowest BCUT2D eigenvalue weighted by Crippen LogP contribution is -2.26. The van der Waals surface area contributed by atoms with Crippen LogP contribution >= 0.6 is 0 Å². The number of nitrogens with zero attached hydrogens (tertiary/aromatic N) is 3. The molecule has 0 bridgehead atoms. The normalized spacial score (nSPS) is 20.4. The van der Waals surface area contributed by atoms with Crippen molar-refractivity contribution in [3.8, 4) is 28.7 Å². The van der Waals surface area contributed by atoms with Crippen LogP contribution in [-0.2, 0) is 4.79 Å². The molecular weight excluding hydrogens is 404 g/mol. The zero-order valence-corrected chi connectivity index (χ0v) is 18.0. The quantitative estimate of drug-likeness (QED) is 0.601. The van der Waals surface area contributed by atoms with Gasteiger partial charge in [0.2, 0.25) is 5.91 Å². The molecule has 2 aliphatic carbocycles. The van der Waals surface area contributed by atoms with Crippen LogP contribution in [0.15, 0.2) is 36.7 Å². The summed E-state index contributed by atoms with van der Waals surface area (Å²) in [4.78, 5) is 16.5. The summed E-state index contributed by atoms with van der Waals surface area (Å²) < 4.78 is 8.08. The summed E-state index contributed by atoms with van der Waals surface area (Å²) in [6, 6.07) is 7.82. The summed E-state index contributed by atoms with van der Waals surface area (Å²) in [5, 5.41) is 17.2. The van der Waals surface area contributed by atoms with E-state index in [1.807, 2.05) is 30.5 Å². The molecule has 0 atom stereocenters. The Labute approximate surface area is 186 Å². The van der Waals surface area contributed by atoms with Crippen molar-refractivity contribution < 1.29 is 14.6 Å². The number of anilines is 1. The number of hydrogen-bond acceptors (Lipinski definition) is 5. The molecule has 0 radical (unpaired) electrons. The SMILES string of the molecule is CC#Cc1cc(-c2ccn3nc(NC(=O)C4CC4)cc3c2)c(OC2CCC(O)CC2)cn1. The molecule has 3 heterocycles. The second-order valence-corrected chi connectivity index (χ2v) is 8.57. The summed E-state index contributed by atoms with van der Waals surface area (Å²) in [6.45, 7) is 1.79. The number of ether oxygens (including phenoxy) is 1. The number of fused-ring (bicyclic) bond motifs is 1. The van der Waals surface area contributed by atoms with Crippen molar-refractivity contribution in [1.29, 1.82) is 0 Å². The first-order chi connectivity index (χ1) is 15.6. The van der Waals surface area contributed by atoms with Crippen molar-refractivity contribution in [3.05, 3.63) is 42.4 Å². The van der Waals surface area contributed by atoms with Gasteiger partial charge in [0.1, 0.15) is 11.4 Å². The third-order valence-electron chi connectivity index (χ3n) is 6.03.